The number of para-hydroxylation sites is 1. The van der Waals surface area contributed by atoms with Crippen molar-refractivity contribution in [1.82, 2.24) is 9.55 Å². The highest BCUT2D eigenvalue weighted by molar-refractivity contribution is 6.35. The lowest BCUT2D eigenvalue weighted by Gasteiger charge is -2.14. The molecule has 0 bridgehead atoms. The number of hydrogen-bond acceptors (Lipinski definition) is 2. The van der Waals surface area contributed by atoms with E-state index >= 15 is 0 Å². The van der Waals surface area contributed by atoms with Gasteiger partial charge in [0, 0.05) is 11.6 Å². The van der Waals surface area contributed by atoms with Crippen LogP contribution in [0.3, 0.4) is 0 Å². The Morgan fingerprint density at radius 2 is 1.86 bits per heavy atom. The van der Waals surface area contributed by atoms with Crippen molar-refractivity contribution in [2.75, 3.05) is 5.73 Å². The second kappa shape index (κ2) is 5.24. The van der Waals surface area contributed by atoms with Crippen LogP contribution in [0.2, 0.25) is 10.0 Å². The largest absolute Gasteiger partial charge is 0.398 e. The number of rotatable bonds is 2. The molecule has 1 heterocycles. The number of benzene rings is 2. The number of nitrogens with zero attached hydrogens (tertiary/aromatic N) is 2. The van der Waals surface area contributed by atoms with Gasteiger partial charge >= 0.3 is 0 Å². The zero-order valence-corrected chi connectivity index (χ0v) is 13.3. The Balaban J connectivity index is 2.34. The van der Waals surface area contributed by atoms with Gasteiger partial charge in [0.2, 0.25) is 0 Å². The van der Waals surface area contributed by atoms with Crippen molar-refractivity contribution >= 4 is 39.9 Å². The molecule has 0 aliphatic rings. The summed E-state index contributed by atoms with van der Waals surface area (Å²) in [6.45, 7) is 4.21. The van der Waals surface area contributed by atoms with Crippen LogP contribution in [0.1, 0.15) is 19.9 Å². The first-order valence-corrected chi connectivity index (χ1v) is 7.46. The maximum absolute atomic E-state index is 6.36. The van der Waals surface area contributed by atoms with Crippen molar-refractivity contribution in [2.24, 2.45) is 0 Å². The summed E-state index contributed by atoms with van der Waals surface area (Å²) < 4.78 is 2.13. The molecule has 2 N–H and O–H groups in total. The molecule has 5 heteroatoms. The maximum Gasteiger partial charge on any atom is 0.141 e. The predicted molar refractivity (Wildman–Crippen MR) is 90.0 cm³/mol. The molecule has 3 rings (SSSR count). The maximum atomic E-state index is 6.36. The van der Waals surface area contributed by atoms with E-state index < -0.39 is 0 Å². The third-order valence-electron chi connectivity index (χ3n) is 3.43. The fourth-order valence-corrected chi connectivity index (χ4v) is 2.87. The third-order valence-corrected chi connectivity index (χ3v) is 4.08. The van der Waals surface area contributed by atoms with E-state index in [9.17, 15) is 0 Å². The average molecular weight is 320 g/mol. The van der Waals surface area contributed by atoms with Gasteiger partial charge < -0.3 is 10.3 Å². The van der Waals surface area contributed by atoms with E-state index in [2.05, 4.69) is 18.4 Å². The molecule has 2 aromatic carbocycles. The number of nitrogen functional groups attached to an aromatic ring is 1. The summed E-state index contributed by atoms with van der Waals surface area (Å²) in [6, 6.07) is 11.5. The van der Waals surface area contributed by atoms with Gasteiger partial charge in [-0.05, 0) is 44.2 Å². The first-order valence-electron chi connectivity index (χ1n) is 6.71. The van der Waals surface area contributed by atoms with Crippen LogP contribution in [0, 0.1) is 0 Å². The summed E-state index contributed by atoms with van der Waals surface area (Å²) in [7, 11) is 0. The Bertz CT molecular complexity index is 822. The predicted octanol–water partition coefficient (Wildman–Crippen LogP) is 5.17. The second-order valence-electron chi connectivity index (χ2n) is 5.24. The Morgan fingerprint density at radius 3 is 2.52 bits per heavy atom. The van der Waals surface area contributed by atoms with Crippen molar-refractivity contribution in [3.05, 3.63) is 46.4 Å². The number of halogens is 2. The Hall–Kier alpha value is -1.71. The summed E-state index contributed by atoms with van der Waals surface area (Å²) in [6.07, 6.45) is 0. The standard InChI is InChI=1S/C16H15Cl2N3/c1-9(2)21-15-12(18)4-3-5-14(15)20-16(21)10-6-7-11(17)13(19)8-10/h3-9H,19H2,1-2H3. The van der Waals surface area contributed by atoms with Gasteiger partial charge in [-0.15, -0.1) is 0 Å². The van der Waals surface area contributed by atoms with E-state index in [0.717, 1.165) is 22.4 Å². The molecule has 0 amide bonds. The zero-order chi connectivity index (χ0) is 15.1. The molecule has 1 aromatic heterocycles. The van der Waals surface area contributed by atoms with Crippen LogP contribution in [0.4, 0.5) is 5.69 Å². The highest BCUT2D eigenvalue weighted by Gasteiger charge is 2.17. The van der Waals surface area contributed by atoms with Gasteiger partial charge in [-0.25, -0.2) is 4.98 Å². The monoisotopic (exact) mass is 319 g/mol. The van der Waals surface area contributed by atoms with Gasteiger partial charge in [-0.3, -0.25) is 0 Å². The minimum atomic E-state index is 0.224. The average Bonchev–Trinajstić information content (AvgIpc) is 2.83. The summed E-state index contributed by atoms with van der Waals surface area (Å²) in [5.41, 5.74) is 9.20. The van der Waals surface area contributed by atoms with Crippen molar-refractivity contribution in [3.63, 3.8) is 0 Å². The van der Waals surface area contributed by atoms with E-state index in [4.69, 9.17) is 33.9 Å². The molecule has 0 saturated carbocycles. The number of hydrogen-bond donors (Lipinski definition) is 1. The normalized spacial score (nSPS) is 11.5. The quantitative estimate of drug-likeness (QED) is 0.662. The highest BCUT2D eigenvalue weighted by Crippen LogP contribution is 2.34. The summed E-state index contributed by atoms with van der Waals surface area (Å²) in [5, 5.41) is 1.24. The van der Waals surface area contributed by atoms with Crippen LogP contribution >= 0.6 is 23.2 Å². The third kappa shape index (κ3) is 2.37. The van der Waals surface area contributed by atoms with E-state index in [0.29, 0.717) is 15.7 Å². The smallest absolute Gasteiger partial charge is 0.141 e. The molecule has 0 unspecified atom stereocenters. The molecule has 0 radical (unpaired) electrons. The second-order valence-corrected chi connectivity index (χ2v) is 6.06. The van der Waals surface area contributed by atoms with E-state index in [1.165, 1.54) is 0 Å². The first-order chi connectivity index (χ1) is 9.99. The SMILES string of the molecule is CC(C)n1c(-c2ccc(Cl)c(N)c2)nc2cccc(Cl)c21. The number of fused-ring (bicyclic) bond motifs is 1. The van der Waals surface area contributed by atoms with Crippen LogP contribution in [-0.4, -0.2) is 9.55 Å². The number of aromatic nitrogens is 2. The lowest BCUT2D eigenvalue weighted by Crippen LogP contribution is -2.03. The Kier molecular flexibility index (Phi) is 3.56. The molecule has 108 valence electrons. The molecule has 0 aliphatic carbocycles. The van der Waals surface area contributed by atoms with Crippen molar-refractivity contribution in [2.45, 2.75) is 19.9 Å². The molecule has 0 spiro atoms. The zero-order valence-electron chi connectivity index (χ0n) is 11.8. The van der Waals surface area contributed by atoms with Crippen LogP contribution in [0.25, 0.3) is 22.4 Å². The van der Waals surface area contributed by atoms with Crippen molar-refractivity contribution in [3.8, 4) is 11.4 Å². The number of imidazole rings is 1. The van der Waals surface area contributed by atoms with Crippen LogP contribution in [-0.2, 0) is 0 Å². The van der Waals surface area contributed by atoms with E-state index in [-0.39, 0.29) is 6.04 Å². The molecule has 0 aliphatic heterocycles. The van der Waals surface area contributed by atoms with Crippen LogP contribution in [0.5, 0.6) is 0 Å². The van der Waals surface area contributed by atoms with E-state index in [1.54, 1.807) is 6.07 Å². The van der Waals surface area contributed by atoms with Gasteiger partial charge in [0.15, 0.2) is 0 Å². The summed E-state index contributed by atoms with van der Waals surface area (Å²) >= 11 is 12.4. The molecular weight excluding hydrogens is 305 g/mol. The van der Waals surface area contributed by atoms with Crippen LogP contribution in [0.15, 0.2) is 36.4 Å². The Labute approximate surface area is 133 Å². The number of anilines is 1. The fourth-order valence-electron chi connectivity index (χ4n) is 2.50. The van der Waals surface area contributed by atoms with Crippen molar-refractivity contribution < 1.29 is 0 Å². The molecule has 3 aromatic rings. The lowest BCUT2D eigenvalue weighted by molar-refractivity contribution is 0.624. The first kappa shape index (κ1) is 14.2. The van der Waals surface area contributed by atoms with Gasteiger partial charge in [0.25, 0.3) is 0 Å². The molecule has 0 saturated heterocycles. The molecular formula is C16H15Cl2N3. The van der Waals surface area contributed by atoms with E-state index in [1.807, 2.05) is 30.3 Å². The minimum absolute atomic E-state index is 0.224. The summed E-state index contributed by atoms with van der Waals surface area (Å²) in [4.78, 5) is 4.72. The topological polar surface area (TPSA) is 43.8 Å². The summed E-state index contributed by atoms with van der Waals surface area (Å²) in [5.74, 6) is 0.844. The lowest BCUT2D eigenvalue weighted by atomic mass is 10.2. The van der Waals surface area contributed by atoms with Gasteiger partial charge in [0.1, 0.15) is 5.82 Å². The molecule has 3 nitrogen and oxygen atoms in total. The van der Waals surface area contributed by atoms with Gasteiger partial charge in [-0.2, -0.15) is 0 Å². The molecule has 0 atom stereocenters. The minimum Gasteiger partial charge on any atom is -0.398 e. The van der Waals surface area contributed by atoms with Crippen molar-refractivity contribution in [1.29, 1.82) is 0 Å². The molecule has 21 heavy (non-hydrogen) atoms. The molecule has 0 fully saturated rings. The van der Waals surface area contributed by atoms with Crippen LogP contribution < -0.4 is 5.73 Å². The fraction of sp³-hybridized carbons (Fsp3) is 0.188. The highest BCUT2D eigenvalue weighted by atomic mass is 35.5. The Morgan fingerprint density at radius 1 is 1.10 bits per heavy atom. The number of nitrogens with two attached hydrogens (primary N) is 1. The van der Waals surface area contributed by atoms with Gasteiger partial charge in [-0.1, -0.05) is 29.3 Å². The van der Waals surface area contributed by atoms with Gasteiger partial charge in [0.05, 0.1) is 26.8 Å².